The van der Waals surface area contributed by atoms with E-state index in [1.807, 2.05) is 0 Å². The van der Waals surface area contributed by atoms with E-state index in [2.05, 4.69) is 16.0 Å². The summed E-state index contributed by atoms with van der Waals surface area (Å²) in [5.74, 6) is -4.70. The molecule has 170 valence electrons. The van der Waals surface area contributed by atoms with Gasteiger partial charge in [-0.05, 0) is 37.5 Å². The third-order valence-corrected chi connectivity index (χ3v) is 4.18. The summed E-state index contributed by atoms with van der Waals surface area (Å²) in [5.41, 5.74) is 6.49. The molecule has 31 heavy (non-hydrogen) atoms. The number of carboxylic acid groups (broad SMARTS) is 2. The van der Waals surface area contributed by atoms with E-state index in [1.54, 1.807) is 12.1 Å². The van der Waals surface area contributed by atoms with E-state index in [-0.39, 0.29) is 18.6 Å². The number of carboxylic acids is 2. The number of carbonyl (C=O) groups is 5. The highest BCUT2D eigenvalue weighted by Crippen LogP contribution is 2.10. The van der Waals surface area contributed by atoms with E-state index < -0.39 is 60.8 Å². The van der Waals surface area contributed by atoms with Crippen molar-refractivity contribution in [2.45, 2.75) is 44.3 Å². The van der Waals surface area contributed by atoms with Crippen molar-refractivity contribution < 1.29 is 39.3 Å². The summed E-state index contributed by atoms with van der Waals surface area (Å²) < 4.78 is 0. The number of nitrogens with two attached hydrogens (primary N) is 1. The average Bonchev–Trinajstić information content (AvgIpc) is 2.70. The van der Waals surface area contributed by atoms with E-state index in [0.29, 0.717) is 5.56 Å². The topological polar surface area (TPSA) is 208 Å². The first kappa shape index (κ1) is 25.4. The Hall–Kier alpha value is -3.67. The Kier molecular flexibility index (Phi) is 9.92. The molecule has 3 amide bonds. The Labute approximate surface area is 177 Å². The first-order valence-electron chi connectivity index (χ1n) is 9.35. The summed E-state index contributed by atoms with van der Waals surface area (Å²) in [6.45, 7) is 0.694. The van der Waals surface area contributed by atoms with Gasteiger partial charge < -0.3 is 37.0 Å². The molecule has 0 aliphatic carbocycles. The Morgan fingerprint density at radius 3 is 2.16 bits per heavy atom. The van der Waals surface area contributed by atoms with Gasteiger partial charge in [-0.2, -0.15) is 0 Å². The second kappa shape index (κ2) is 12.1. The molecule has 0 aromatic heterocycles. The maximum absolute atomic E-state index is 12.2. The molecule has 3 unspecified atom stereocenters. The van der Waals surface area contributed by atoms with Crippen molar-refractivity contribution in [3.8, 4) is 5.75 Å². The number of benzene rings is 1. The van der Waals surface area contributed by atoms with Gasteiger partial charge in [0.2, 0.25) is 17.7 Å². The zero-order valence-electron chi connectivity index (χ0n) is 16.8. The molecule has 0 saturated carbocycles. The predicted octanol–water partition coefficient (Wildman–Crippen LogP) is -1.68. The second-order valence-corrected chi connectivity index (χ2v) is 6.82. The fraction of sp³-hybridized carbons (Fsp3) is 0.421. The number of hydrogen-bond donors (Lipinski definition) is 7. The first-order chi connectivity index (χ1) is 14.5. The number of rotatable bonds is 12. The highest BCUT2D eigenvalue weighted by Gasteiger charge is 2.25. The lowest BCUT2D eigenvalue weighted by Crippen LogP contribution is -2.53. The van der Waals surface area contributed by atoms with Crippen molar-refractivity contribution >= 4 is 29.7 Å². The highest BCUT2D eigenvalue weighted by molar-refractivity contribution is 5.92. The molecule has 0 heterocycles. The molecule has 0 aliphatic heterocycles. The van der Waals surface area contributed by atoms with Gasteiger partial charge in [0, 0.05) is 6.42 Å². The monoisotopic (exact) mass is 438 g/mol. The minimum absolute atomic E-state index is 0.0673. The van der Waals surface area contributed by atoms with Gasteiger partial charge in [0.25, 0.3) is 0 Å². The van der Waals surface area contributed by atoms with E-state index in [9.17, 15) is 29.1 Å². The molecule has 0 spiro atoms. The molecule has 0 aliphatic rings. The van der Waals surface area contributed by atoms with Gasteiger partial charge in [-0.25, -0.2) is 0 Å². The molecule has 12 heteroatoms. The van der Waals surface area contributed by atoms with Gasteiger partial charge in [-0.15, -0.1) is 0 Å². The maximum Gasteiger partial charge on any atom is 0.325 e. The van der Waals surface area contributed by atoms with Crippen LogP contribution in [-0.4, -0.2) is 69.7 Å². The summed E-state index contributed by atoms with van der Waals surface area (Å²) in [5, 5.41) is 33.7. The number of amides is 3. The molecule has 3 atom stereocenters. The van der Waals surface area contributed by atoms with Crippen LogP contribution in [0.15, 0.2) is 24.3 Å². The number of phenolic OH excluding ortho intramolecular Hbond substituents is 1. The first-order valence-corrected chi connectivity index (χ1v) is 9.35. The molecule has 0 saturated heterocycles. The van der Waals surface area contributed by atoms with E-state index >= 15 is 0 Å². The van der Waals surface area contributed by atoms with Crippen LogP contribution in [0.3, 0.4) is 0 Å². The number of aliphatic carboxylic acids is 2. The fourth-order valence-corrected chi connectivity index (χ4v) is 2.43. The van der Waals surface area contributed by atoms with Crippen LogP contribution in [-0.2, 0) is 30.4 Å². The summed E-state index contributed by atoms with van der Waals surface area (Å²) >= 11 is 0. The summed E-state index contributed by atoms with van der Waals surface area (Å²) in [7, 11) is 0. The SMILES string of the molecule is CC(NC(=O)C(CCC(=O)O)NC(=O)CNC(=O)C(N)Cc1ccc(O)cc1)C(=O)O. The molecule has 1 aromatic carbocycles. The van der Waals surface area contributed by atoms with Crippen LogP contribution in [0.4, 0.5) is 0 Å². The lowest BCUT2D eigenvalue weighted by Gasteiger charge is -2.20. The van der Waals surface area contributed by atoms with Crippen LogP contribution < -0.4 is 21.7 Å². The van der Waals surface area contributed by atoms with Gasteiger partial charge in [-0.1, -0.05) is 12.1 Å². The van der Waals surface area contributed by atoms with E-state index in [1.165, 1.54) is 19.1 Å². The van der Waals surface area contributed by atoms with Crippen molar-refractivity contribution in [3.63, 3.8) is 0 Å². The van der Waals surface area contributed by atoms with Crippen molar-refractivity contribution in [2.75, 3.05) is 6.54 Å². The predicted molar refractivity (Wildman–Crippen MR) is 107 cm³/mol. The zero-order valence-corrected chi connectivity index (χ0v) is 16.8. The maximum atomic E-state index is 12.2. The zero-order chi connectivity index (χ0) is 23.6. The van der Waals surface area contributed by atoms with Crippen LogP contribution >= 0.6 is 0 Å². The number of aromatic hydroxyl groups is 1. The second-order valence-electron chi connectivity index (χ2n) is 6.82. The van der Waals surface area contributed by atoms with Gasteiger partial charge in [0.1, 0.15) is 17.8 Å². The average molecular weight is 438 g/mol. The molecule has 1 rings (SSSR count). The van der Waals surface area contributed by atoms with Gasteiger partial charge in [-0.3, -0.25) is 24.0 Å². The molecule has 0 fully saturated rings. The van der Waals surface area contributed by atoms with Gasteiger partial charge >= 0.3 is 11.9 Å². The van der Waals surface area contributed by atoms with Crippen LogP contribution in [0, 0.1) is 0 Å². The van der Waals surface area contributed by atoms with Crippen LogP contribution in [0.1, 0.15) is 25.3 Å². The molecular weight excluding hydrogens is 412 g/mol. The molecule has 12 nitrogen and oxygen atoms in total. The van der Waals surface area contributed by atoms with Crippen molar-refractivity contribution in [2.24, 2.45) is 5.73 Å². The van der Waals surface area contributed by atoms with Gasteiger partial charge in [0.05, 0.1) is 12.6 Å². The lowest BCUT2D eigenvalue weighted by atomic mass is 10.1. The molecular formula is C19H26N4O8. The number of nitrogens with one attached hydrogen (secondary N) is 3. The number of phenols is 1. The fourth-order valence-electron chi connectivity index (χ4n) is 2.43. The molecule has 8 N–H and O–H groups in total. The minimum atomic E-state index is -1.30. The third-order valence-electron chi connectivity index (χ3n) is 4.18. The van der Waals surface area contributed by atoms with Crippen molar-refractivity contribution in [1.82, 2.24) is 16.0 Å². The third kappa shape index (κ3) is 9.58. The highest BCUT2D eigenvalue weighted by atomic mass is 16.4. The van der Waals surface area contributed by atoms with Crippen LogP contribution in [0.2, 0.25) is 0 Å². The van der Waals surface area contributed by atoms with E-state index in [0.717, 1.165) is 0 Å². The standard InChI is InChI=1S/C19H26N4O8/c1-10(19(30)31)22-18(29)14(6-7-16(26)27)23-15(25)9-21-17(28)13(20)8-11-2-4-12(24)5-3-11/h2-5,10,13-14,24H,6-9,20H2,1H3,(H,21,28)(H,22,29)(H,23,25)(H,26,27)(H,30,31). The Balaban J connectivity index is 2.59. The number of hydrogen-bond acceptors (Lipinski definition) is 7. The lowest BCUT2D eigenvalue weighted by molar-refractivity contribution is -0.142. The largest absolute Gasteiger partial charge is 0.508 e. The smallest absolute Gasteiger partial charge is 0.325 e. The van der Waals surface area contributed by atoms with Crippen LogP contribution in [0.5, 0.6) is 5.75 Å². The quantitative estimate of drug-likeness (QED) is 0.198. The Morgan fingerprint density at radius 1 is 1.00 bits per heavy atom. The Bertz CT molecular complexity index is 812. The summed E-state index contributed by atoms with van der Waals surface area (Å²) in [6.07, 6.45) is -0.554. The van der Waals surface area contributed by atoms with E-state index in [4.69, 9.17) is 15.9 Å². The number of carbonyl (C=O) groups excluding carboxylic acids is 3. The molecule has 1 aromatic rings. The normalized spacial score (nSPS) is 13.4. The molecule has 0 bridgehead atoms. The minimum Gasteiger partial charge on any atom is -0.508 e. The van der Waals surface area contributed by atoms with Gasteiger partial charge in [0.15, 0.2) is 0 Å². The van der Waals surface area contributed by atoms with Crippen molar-refractivity contribution in [3.05, 3.63) is 29.8 Å². The molecule has 0 radical (unpaired) electrons. The summed E-state index contributed by atoms with van der Waals surface area (Å²) in [6, 6.07) is 2.57. The Morgan fingerprint density at radius 2 is 1.61 bits per heavy atom. The van der Waals surface area contributed by atoms with Crippen LogP contribution in [0.25, 0.3) is 0 Å². The summed E-state index contributed by atoms with van der Waals surface area (Å²) in [4.78, 5) is 58.0. The van der Waals surface area contributed by atoms with Crippen molar-refractivity contribution in [1.29, 1.82) is 0 Å².